The van der Waals surface area contributed by atoms with Crippen LogP contribution in [0.15, 0.2) is 107 Å². The molecule has 0 fully saturated rings. The lowest BCUT2D eigenvalue weighted by molar-refractivity contribution is 0.625. The van der Waals surface area contributed by atoms with Crippen molar-refractivity contribution >= 4 is 0 Å². The number of hydrogen-bond donors (Lipinski definition) is 1. The van der Waals surface area contributed by atoms with Crippen LogP contribution < -0.4 is 5.32 Å². The van der Waals surface area contributed by atoms with E-state index in [9.17, 15) is 0 Å². The lowest BCUT2D eigenvalue weighted by Gasteiger charge is -2.34. The topological polar surface area (TPSA) is 12.0 Å². The van der Waals surface area contributed by atoms with Crippen molar-refractivity contribution in [2.45, 2.75) is 39.0 Å². The quantitative estimate of drug-likeness (QED) is 0.540. The summed E-state index contributed by atoms with van der Waals surface area (Å²) in [7, 11) is 0. The first-order valence-corrected chi connectivity index (χ1v) is 11.6. The van der Waals surface area contributed by atoms with Crippen LogP contribution in [0.4, 0.5) is 0 Å². The summed E-state index contributed by atoms with van der Waals surface area (Å²) in [5, 5.41) is 3.62. The molecular formula is C30H29N. The van der Waals surface area contributed by atoms with Crippen molar-refractivity contribution in [3.63, 3.8) is 0 Å². The van der Waals surface area contributed by atoms with Crippen LogP contribution >= 0.6 is 0 Å². The van der Waals surface area contributed by atoms with E-state index in [-0.39, 0.29) is 10.8 Å². The average molecular weight is 404 g/mol. The van der Waals surface area contributed by atoms with E-state index in [4.69, 9.17) is 0 Å². The van der Waals surface area contributed by atoms with Gasteiger partial charge in [-0.25, -0.2) is 0 Å². The summed E-state index contributed by atoms with van der Waals surface area (Å²) in [5.41, 5.74) is 12.8. The number of allylic oxidation sites excluding steroid dienone is 8. The van der Waals surface area contributed by atoms with Gasteiger partial charge in [-0.3, -0.25) is 0 Å². The molecule has 0 unspecified atom stereocenters. The van der Waals surface area contributed by atoms with Crippen LogP contribution in [0.3, 0.4) is 0 Å². The van der Waals surface area contributed by atoms with Gasteiger partial charge in [0.15, 0.2) is 0 Å². The lowest BCUT2D eigenvalue weighted by atomic mass is 9.67. The summed E-state index contributed by atoms with van der Waals surface area (Å²) in [6, 6.07) is 18.2. The molecule has 0 atom stereocenters. The highest BCUT2D eigenvalue weighted by molar-refractivity contribution is 5.92. The zero-order chi connectivity index (χ0) is 21.2. The molecule has 1 N–H and O–H groups in total. The number of benzene rings is 2. The molecule has 0 amide bonds. The Balaban J connectivity index is 1.81. The molecule has 154 valence electrons. The molecule has 1 nitrogen and oxygen atoms in total. The summed E-state index contributed by atoms with van der Waals surface area (Å²) in [5.74, 6) is 0. The van der Waals surface area contributed by atoms with Gasteiger partial charge < -0.3 is 5.32 Å². The van der Waals surface area contributed by atoms with Gasteiger partial charge >= 0.3 is 0 Å². The molecule has 6 rings (SSSR count). The van der Waals surface area contributed by atoms with E-state index in [1.807, 2.05) is 0 Å². The monoisotopic (exact) mass is 403 g/mol. The average Bonchev–Trinajstić information content (AvgIpc) is 3.01. The Labute approximate surface area is 185 Å². The van der Waals surface area contributed by atoms with Gasteiger partial charge in [-0.05, 0) is 51.8 Å². The maximum atomic E-state index is 3.62. The number of hydrogen-bond acceptors (Lipinski definition) is 1. The fourth-order valence-electron chi connectivity index (χ4n) is 6.14. The highest BCUT2D eigenvalue weighted by Crippen LogP contribution is 2.64. The summed E-state index contributed by atoms with van der Waals surface area (Å²) >= 11 is 0. The summed E-state index contributed by atoms with van der Waals surface area (Å²) in [6.45, 7) is 7.91. The van der Waals surface area contributed by atoms with Crippen molar-refractivity contribution in [3.05, 3.63) is 118 Å². The molecule has 0 bridgehead atoms. The SMILES string of the molecule is CCC1=C2C(=CNCC1)C1=C(C=CC(C)(C)C=C1)C21c2ccccc2-c2ccccc21. The zero-order valence-corrected chi connectivity index (χ0v) is 18.6. The predicted molar refractivity (Wildman–Crippen MR) is 130 cm³/mol. The third-order valence-corrected chi connectivity index (χ3v) is 7.54. The van der Waals surface area contributed by atoms with Crippen LogP contribution in [0, 0.1) is 5.41 Å². The van der Waals surface area contributed by atoms with Crippen LogP contribution in [-0.4, -0.2) is 6.54 Å². The van der Waals surface area contributed by atoms with E-state index in [2.05, 4.69) is 105 Å². The van der Waals surface area contributed by atoms with Crippen molar-refractivity contribution in [3.8, 4) is 11.1 Å². The normalized spacial score (nSPS) is 21.7. The molecule has 1 heterocycles. The van der Waals surface area contributed by atoms with Crippen molar-refractivity contribution < 1.29 is 0 Å². The number of nitrogens with one attached hydrogen (secondary N) is 1. The molecule has 0 saturated heterocycles. The molecule has 2 aromatic rings. The second-order valence-electron chi connectivity index (χ2n) is 9.75. The van der Waals surface area contributed by atoms with Gasteiger partial charge in [-0.2, -0.15) is 0 Å². The van der Waals surface area contributed by atoms with Gasteiger partial charge in [0.1, 0.15) is 0 Å². The van der Waals surface area contributed by atoms with Crippen molar-refractivity contribution in [2.75, 3.05) is 6.54 Å². The Kier molecular flexibility index (Phi) is 3.90. The van der Waals surface area contributed by atoms with Crippen LogP contribution in [0.25, 0.3) is 11.1 Å². The Morgan fingerprint density at radius 1 is 0.871 bits per heavy atom. The lowest BCUT2D eigenvalue weighted by Crippen LogP contribution is -2.28. The Bertz CT molecular complexity index is 1210. The van der Waals surface area contributed by atoms with Gasteiger partial charge in [-0.1, -0.05) is 99.2 Å². The zero-order valence-electron chi connectivity index (χ0n) is 18.6. The van der Waals surface area contributed by atoms with E-state index >= 15 is 0 Å². The highest BCUT2D eigenvalue weighted by atomic mass is 14.8. The minimum atomic E-state index is -0.229. The maximum Gasteiger partial charge on any atom is 0.0725 e. The molecular weight excluding hydrogens is 374 g/mol. The second kappa shape index (κ2) is 6.47. The third-order valence-electron chi connectivity index (χ3n) is 7.54. The first kappa shape index (κ1) is 18.7. The van der Waals surface area contributed by atoms with E-state index in [0.29, 0.717) is 0 Å². The Morgan fingerprint density at radius 2 is 1.52 bits per heavy atom. The van der Waals surface area contributed by atoms with Gasteiger partial charge in [-0.15, -0.1) is 0 Å². The van der Waals surface area contributed by atoms with Gasteiger partial charge in [0.2, 0.25) is 0 Å². The van der Waals surface area contributed by atoms with E-state index < -0.39 is 0 Å². The number of fused-ring (bicyclic) bond motifs is 9. The molecule has 0 saturated carbocycles. The summed E-state index contributed by atoms with van der Waals surface area (Å²) in [4.78, 5) is 0. The molecule has 1 spiro atoms. The molecule has 0 aromatic heterocycles. The van der Waals surface area contributed by atoms with E-state index in [1.165, 1.54) is 44.5 Å². The Hall–Kier alpha value is -3.06. The van der Waals surface area contributed by atoms with Crippen LogP contribution in [-0.2, 0) is 5.41 Å². The van der Waals surface area contributed by atoms with Crippen LogP contribution in [0.2, 0.25) is 0 Å². The molecule has 31 heavy (non-hydrogen) atoms. The first-order chi connectivity index (χ1) is 15.1. The van der Waals surface area contributed by atoms with Gasteiger partial charge in [0.05, 0.1) is 5.41 Å². The maximum absolute atomic E-state index is 3.62. The summed E-state index contributed by atoms with van der Waals surface area (Å²) in [6.07, 6.45) is 14.1. The minimum Gasteiger partial charge on any atom is -0.390 e. The minimum absolute atomic E-state index is 0.0410. The van der Waals surface area contributed by atoms with Crippen molar-refractivity contribution in [1.29, 1.82) is 0 Å². The summed E-state index contributed by atoms with van der Waals surface area (Å²) < 4.78 is 0. The van der Waals surface area contributed by atoms with Crippen LogP contribution in [0.1, 0.15) is 44.7 Å². The molecule has 1 heteroatoms. The Morgan fingerprint density at radius 3 is 2.19 bits per heavy atom. The smallest absolute Gasteiger partial charge is 0.0725 e. The fraction of sp³-hybridized carbons (Fsp3) is 0.267. The second-order valence-corrected chi connectivity index (χ2v) is 9.75. The molecule has 1 aliphatic heterocycles. The first-order valence-electron chi connectivity index (χ1n) is 11.6. The fourth-order valence-corrected chi connectivity index (χ4v) is 6.14. The van der Waals surface area contributed by atoms with Crippen molar-refractivity contribution in [1.82, 2.24) is 5.32 Å². The third kappa shape index (κ3) is 2.38. The number of rotatable bonds is 1. The largest absolute Gasteiger partial charge is 0.390 e. The predicted octanol–water partition coefficient (Wildman–Crippen LogP) is 7.00. The standard InChI is InChI=1S/C30H29N/c1-4-20-15-18-31-19-24-23-13-16-29(2,3)17-14-27(23)30(28(20)24)25-11-7-5-9-21(25)22-10-6-8-12-26(22)30/h5-14,16-17,19,31H,4,15,18H2,1-3H3. The molecule has 0 radical (unpaired) electrons. The van der Waals surface area contributed by atoms with Crippen LogP contribution in [0.5, 0.6) is 0 Å². The van der Waals surface area contributed by atoms with E-state index in [1.54, 1.807) is 5.57 Å². The van der Waals surface area contributed by atoms with Gasteiger partial charge in [0.25, 0.3) is 0 Å². The van der Waals surface area contributed by atoms with E-state index in [0.717, 1.165) is 19.4 Å². The molecule has 3 aliphatic carbocycles. The molecule has 2 aromatic carbocycles. The molecule has 4 aliphatic rings. The van der Waals surface area contributed by atoms with Gasteiger partial charge in [0, 0.05) is 23.7 Å². The van der Waals surface area contributed by atoms with Crippen molar-refractivity contribution in [2.24, 2.45) is 5.41 Å². The highest BCUT2D eigenvalue weighted by Gasteiger charge is 2.54.